The van der Waals surface area contributed by atoms with Crippen LogP contribution in [-0.4, -0.2) is 36.6 Å². The lowest BCUT2D eigenvalue weighted by Crippen LogP contribution is -2.31. The maximum absolute atomic E-state index is 13.2. The number of esters is 1. The molecule has 0 radical (unpaired) electrons. The van der Waals surface area contributed by atoms with Crippen LogP contribution in [0.15, 0.2) is 52.1 Å². The minimum atomic E-state index is -0.809. The van der Waals surface area contributed by atoms with E-state index in [9.17, 15) is 24.0 Å². The Kier molecular flexibility index (Phi) is 5.71. The van der Waals surface area contributed by atoms with Crippen molar-refractivity contribution < 1.29 is 19.1 Å². The van der Waals surface area contributed by atoms with E-state index in [0.717, 1.165) is 12.8 Å². The molecule has 2 heterocycles. The molecule has 0 spiro atoms. The first-order valence-electron chi connectivity index (χ1n) is 11.5. The number of fused-ring (bicyclic) bond motifs is 3. The fraction of sp³-hybridized carbons (Fsp3) is 0.231. The second kappa shape index (κ2) is 8.88. The van der Waals surface area contributed by atoms with E-state index in [0.29, 0.717) is 12.1 Å². The largest absolute Gasteiger partial charge is 0.454 e. The van der Waals surface area contributed by atoms with Gasteiger partial charge in [0.2, 0.25) is 0 Å². The second-order valence-corrected chi connectivity index (χ2v) is 8.53. The highest BCUT2D eigenvalue weighted by Crippen LogP contribution is 2.30. The van der Waals surface area contributed by atoms with Gasteiger partial charge < -0.3 is 9.30 Å². The van der Waals surface area contributed by atoms with Gasteiger partial charge in [0.05, 0.1) is 5.56 Å². The van der Waals surface area contributed by atoms with Crippen molar-refractivity contribution in [1.82, 2.24) is 19.1 Å². The molecule has 1 aliphatic rings. The van der Waals surface area contributed by atoms with Crippen molar-refractivity contribution in [2.24, 2.45) is 7.05 Å². The van der Waals surface area contributed by atoms with Gasteiger partial charge in [-0.2, -0.15) is 0 Å². The zero-order valence-electron chi connectivity index (χ0n) is 19.7. The first kappa shape index (κ1) is 23.2. The number of hydrogen-bond acceptors (Lipinski definition) is 7. The molecule has 182 valence electrons. The molecule has 2 aromatic heterocycles. The van der Waals surface area contributed by atoms with Crippen molar-refractivity contribution in [3.63, 3.8) is 0 Å². The molecule has 0 amide bonds. The van der Waals surface area contributed by atoms with E-state index < -0.39 is 23.0 Å². The van der Waals surface area contributed by atoms with Crippen LogP contribution in [0.1, 0.15) is 67.8 Å². The van der Waals surface area contributed by atoms with E-state index >= 15 is 0 Å². The van der Waals surface area contributed by atoms with Gasteiger partial charge in [-0.3, -0.25) is 23.9 Å². The SMILES string of the molecule is CCCCn1c(=O)[nH]c(=O)c2c1nc(COC(=O)c1cccc3c1C(=O)c1ccccc1C3=O)n2C. The number of imidazole rings is 1. The highest BCUT2D eigenvalue weighted by Gasteiger charge is 2.33. The van der Waals surface area contributed by atoms with Gasteiger partial charge in [-0.05, 0) is 12.5 Å². The van der Waals surface area contributed by atoms with Crippen LogP contribution in [0.4, 0.5) is 0 Å². The molecule has 0 unspecified atom stereocenters. The molecule has 0 saturated carbocycles. The molecule has 2 aromatic carbocycles. The van der Waals surface area contributed by atoms with Crippen LogP contribution in [0.5, 0.6) is 0 Å². The highest BCUT2D eigenvalue weighted by atomic mass is 16.5. The van der Waals surface area contributed by atoms with E-state index in [1.165, 1.54) is 27.3 Å². The summed E-state index contributed by atoms with van der Waals surface area (Å²) >= 11 is 0. The van der Waals surface area contributed by atoms with Crippen molar-refractivity contribution in [1.29, 1.82) is 0 Å². The fourth-order valence-electron chi connectivity index (χ4n) is 4.47. The lowest BCUT2D eigenvalue weighted by atomic mass is 9.82. The minimum absolute atomic E-state index is 0.000972. The summed E-state index contributed by atoms with van der Waals surface area (Å²) in [7, 11) is 1.59. The van der Waals surface area contributed by atoms with Crippen LogP contribution in [0, 0.1) is 0 Å². The number of aromatic nitrogens is 4. The van der Waals surface area contributed by atoms with Crippen molar-refractivity contribution >= 4 is 28.7 Å². The van der Waals surface area contributed by atoms with Gasteiger partial charge in [0, 0.05) is 35.8 Å². The van der Waals surface area contributed by atoms with Crippen LogP contribution in [0.2, 0.25) is 0 Å². The van der Waals surface area contributed by atoms with E-state index in [-0.39, 0.29) is 51.6 Å². The molecule has 0 aliphatic heterocycles. The molecule has 1 aliphatic carbocycles. The van der Waals surface area contributed by atoms with Crippen molar-refractivity contribution in [3.8, 4) is 0 Å². The third kappa shape index (κ3) is 3.58. The second-order valence-electron chi connectivity index (χ2n) is 8.53. The number of carbonyl (C=O) groups is 3. The average Bonchev–Trinajstić information content (AvgIpc) is 3.21. The molecule has 10 nitrogen and oxygen atoms in total. The molecule has 10 heteroatoms. The van der Waals surface area contributed by atoms with Gasteiger partial charge in [-0.1, -0.05) is 49.7 Å². The number of H-pyrrole nitrogens is 1. The summed E-state index contributed by atoms with van der Waals surface area (Å²) in [6.07, 6.45) is 1.56. The smallest absolute Gasteiger partial charge is 0.339 e. The summed E-state index contributed by atoms with van der Waals surface area (Å²) in [6.45, 7) is 2.05. The van der Waals surface area contributed by atoms with E-state index in [4.69, 9.17) is 4.74 Å². The van der Waals surface area contributed by atoms with Gasteiger partial charge in [-0.25, -0.2) is 14.6 Å². The fourth-order valence-corrected chi connectivity index (χ4v) is 4.47. The Labute approximate surface area is 204 Å². The minimum Gasteiger partial charge on any atom is -0.454 e. The Bertz CT molecular complexity index is 1690. The Hall–Kier alpha value is -4.60. The maximum atomic E-state index is 13.2. The number of ether oxygens (including phenoxy) is 1. The zero-order valence-corrected chi connectivity index (χ0v) is 19.7. The van der Waals surface area contributed by atoms with Crippen molar-refractivity contribution in [3.05, 3.63) is 96.9 Å². The summed E-state index contributed by atoms with van der Waals surface area (Å²) < 4.78 is 8.32. The summed E-state index contributed by atoms with van der Waals surface area (Å²) in [5, 5.41) is 0. The molecule has 5 rings (SSSR count). The first-order valence-corrected chi connectivity index (χ1v) is 11.5. The normalized spacial score (nSPS) is 12.5. The standard InChI is InChI=1S/C26H22N4O6/c1-3-4-12-30-23-20(24(33)28-26(30)35)29(2)18(27-23)13-36-25(34)17-11-7-10-16-19(17)22(32)15-9-6-5-8-14(15)21(16)31/h5-11H,3-4,12-13H2,1-2H3,(H,28,33,35). The van der Waals surface area contributed by atoms with Crippen molar-refractivity contribution in [2.45, 2.75) is 32.9 Å². The topological polar surface area (TPSA) is 133 Å². The number of hydrogen-bond donors (Lipinski definition) is 1. The molecular formula is C26H22N4O6. The number of rotatable bonds is 6. The number of nitrogens with one attached hydrogen (secondary N) is 1. The highest BCUT2D eigenvalue weighted by molar-refractivity contribution is 6.30. The monoisotopic (exact) mass is 486 g/mol. The Morgan fingerprint density at radius 1 is 0.972 bits per heavy atom. The number of unbranched alkanes of at least 4 members (excludes halogenated alkanes) is 1. The van der Waals surface area contributed by atoms with Crippen molar-refractivity contribution in [2.75, 3.05) is 0 Å². The van der Waals surface area contributed by atoms with Crippen LogP contribution < -0.4 is 11.2 Å². The van der Waals surface area contributed by atoms with Gasteiger partial charge >= 0.3 is 11.7 Å². The van der Waals surface area contributed by atoms with Crippen LogP contribution in [-0.2, 0) is 24.9 Å². The van der Waals surface area contributed by atoms with Crippen LogP contribution in [0.25, 0.3) is 11.2 Å². The lowest BCUT2D eigenvalue weighted by Gasteiger charge is -2.19. The molecule has 0 saturated heterocycles. The number of carbonyl (C=O) groups excluding carboxylic acids is 3. The van der Waals surface area contributed by atoms with Gasteiger partial charge in [0.15, 0.2) is 22.7 Å². The molecule has 4 aromatic rings. The van der Waals surface area contributed by atoms with E-state index in [1.807, 2.05) is 6.92 Å². The third-order valence-electron chi connectivity index (χ3n) is 6.35. The molecule has 1 N–H and O–H groups in total. The molecule has 0 bridgehead atoms. The van der Waals surface area contributed by atoms with E-state index in [1.54, 1.807) is 31.3 Å². The Morgan fingerprint density at radius 2 is 1.67 bits per heavy atom. The van der Waals surface area contributed by atoms with E-state index in [2.05, 4.69) is 9.97 Å². The zero-order chi connectivity index (χ0) is 25.6. The first-order chi connectivity index (χ1) is 17.3. The molecule has 36 heavy (non-hydrogen) atoms. The lowest BCUT2D eigenvalue weighted by molar-refractivity contribution is 0.0457. The number of aromatic amines is 1. The predicted molar refractivity (Wildman–Crippen MR) is 129 cm³/mol. The summed E-state index contributed by atoms with van der Waals surface area (Å²) in [4.78, 5) is 70.6. The third-order valence-corrected chi connectivity index (χ3v) is 6.35. The molecule has 0 atom stereocenters. The summed E-state index contributed by atoms with van der Waals surface area (Å²) in [6, 6.07) is 10.9. The average molecular weight is 486 g/mol. The summed E-state index contributed by atoms with van der Waals surface area (Å²) in [5.74, 6) is -1.33. The Balaban J connectivity index is 1.48. The van der Waals surface area contributed by atoms with Crippen LogP contribution in [0.3, 0.4) is 0 Å². The van der Waals surface area contributed by atoms with Gasteiger partial charge in [-0.15, -0.1) is 0 Å². The number of benzene rings is 2. The quantitative estimate of drug-likeness (QED) is 0.364. The Morgan fingerprint density at radius 3 is 2.39 bits per heavy atom. The number of nitrogens with zero attached hydrogens (tertiary/aromatic N) is 3. The number of aryl methyl sites for hydroxylation is 2. The van der Waals surface area contributed by atoms with Crippen LogP contribution >= 0.6 is 0 Å². The summed E-state index contributed by atoms with van der Waals surface area (Å²) in [5.41, 5.74) is -0.113. The molecule has 0 fully saturated rings. The predicted octanol–water partition coefficient (Wildman–Crippen LogP) is 2.36. The van der Waals surface area contributed by atoms with Gasteiger partial charge in [0.25, 0.3) is 5.56 Å². The maximum Gasteiger partial charge on any atom is 0.339 e. The van der Waals surface area contributed by atoms with Gasteiger partial charge in [0.1, 0.15) is 12.4 Å². The number of ketones is 2. The molecular weight excluding hydrogens is 464 g/mol.